The fourth-order valence-corrected chi connectivity index (χ4v) is 1.69. The van der Waals surface area contributed by atoms with E-state index in [0.717, 1.165) is 36.4 Å². The van der Waals surface area contributed by atoms with Crippen molar-refractivity contribution in [1.82, 2.24) is 0 Å². The molecule has 4 heteroatoms. The van der Waals surface area contributed by atoms with Gasteiger partial charge in [-0.2, -0.15) is 0 Å². The molecule has 3 N–H and O–H groups in total. The van der Waals surface area contributed by atoms with E-state index in [4.69, 9.17) is 10.5 Å². The van der Waals surface area contributed by atoms with Gasteiger partial charge in [0.15, 0.2) is 0 Å². The van der Waals surface area contributed by atoms with Gasteiger partial charge < -0.3 is 15.8 Å². The SMILES string of the molecule is CCCCOc1ccc(NC(=O)C(C)C(C)N)c(C)c1. The van der Waals surface area contributed by atoms with Gasteiger partial charge in [-0.05, 0) is 44.0 Å². The minimum absolute atomic E-state index is 0.0530. The number of hydrogen-bond donors (Lipinski definition) is 2. The standard InChI is InChI=1S/C16H26N2O2/c1-5-6-9-20-14-7-8-15(11(2)10-14)18-16(19)12(3)13(4)17/h7-8,10,12-13H,5-6,9,17H2,1-4H3,(H,18,19). The molecule has 2 unspecified atom stereocenters. The molecule has 0 aliphatic rings. The van der Waals surface area contributed by atoms with Crippen LogP contribution < -0.4 is 15.8 Å². The number of carbonyl (C=O) groups is 1. The zero-order valence-electron chi connectivity index (χ0n) is 12.9. The third-order valence-electron chi connectivity index (χ3n) is 3.42. The zero-order valence-corrected chi connectivity index (χ0v) is 12.9. The lowest BCUT2D eigenvalue weighted by Crippen LogP contribution is -2.34. The molecule has 0 bridgehead atoms. The van der Waals surface area contributed by atoms with E-state index in [2.05, 4.69) is 12.2 Å². The van der Waals surface area contributed by atoms with Crippen molar-refractivity contribution in [3.05, 3.63) is 23.8 Å². The molecule has 2 atom stereocenters. The van der Waals surface area contributed by atoms with E-state index in [0.29, 0.717) is 0 Å². The Morgan fingerprint density at radius 1 is 1.40 bits per heavy atom. The maximum absolute atomic E-state index is 12.0. The topological polar surface area (TPSA) is 64.3 Å². The molecule has 20 heavy (non-hydrogen) atoms. The molecule has 1 amide bonds. The lowest BCUT2D eigenvalue weighted by Gasteiger charge is -2.17. The van der Waals surface area contributed by atoms with Crippen molar-refractivity contribution >= 4 is 11.6 Å². The van der Waals surface area contributed by atoms with E-state index < -0.39 is 0 Å². The summed E-state index contributed by atoms with van der Waals surface area (Å²) in [6.45, 7) is 8.48. The molecule has 0 fully saturated rings. The van der Waals surface area contributed by atoms with Gasteiger partial charge in [-0.25, -0.2) is 0 Å². The molecular formula is C16H26N2O2. The monoisotopic (exact) mass is 278 g/mol. The van der Waals surface area contributed by atoms with E-state index in [-0.39, 0.29) is 17.9 Å². The maximum Gasteiger partial charge on any atom is 0.228 e. The number of nitrogens with one attached hydrogen (secondary N) is 1. The Hall–Kier alpha value is -1.55. The summed E-state index contributed by atoms with van der Waals surface area (Å²) in [7, 11) is 0. The van der Waals surface area contributed by atoms with Crippen LogP contribution in [-0.2, 0) is 4.79 Å². The van der Waals surface area contributed by atoms with E-state index in [1.807, 2.05) is 39.0 Å². The number of benzene rings is 1. The van der Waals surface area contributed by atoms with Crippen molar-refractivity contribution in [2.75, 3.05) is 11.9 Å². The average molecular weight is 278 g/mol. The first kappa shape index (κ1) is 16.5. The van der Waals surface area contributed by atoms with Gasteiger partial charge in [0, 0.05) is 11.7 Å². The van der Waals surface area contributed by atoms with Crippen LogP contribution in [0, 0.1) is 12.8 Å². The van der Waals surface area contributed by atoms with Crippen LogP contribution in [0.5, 0.6) is 5.75 Å². The highest BCUT2D eigenvalue weighted by Gasteiger charge is 2.17. The van der Waals surface area contributed by atoms with Gasteiger partial charge in [-0.3, -0.25) is 4.79 Å². The number of ether oxygens (including phenoxy) is 1. The van der Waals surface area contributed by atoms with Crippen LogP contribution in [0.15, 0.2) is 18.2 Å². The normalized spacial score (nSPS) is 13.7. The van der Waals surface area contributed by atoms with Crippen LogP contribution in [0.25, 0.3) is 0 Å². The number of aryl methyl sites for hydroxylation is 1. The first-order valence-corrected chi connectivity index (χ1v) is 7.25. The molecule has 0 radical (unpaired) electrons. The van der Waals surface area contributed by atoms with Gasteiger partial charge >= 0.3 is 0 Å². The van der Waals surface area contributed by atoms with Crippen molar-refractivity contribution in [2.24, 2.45) is 11.7 Å². The third-order valence-corrected chi connectivity index (χ3v) is 3.42. The van der Waals surface area contributed by atoms with Crippen LogP contribution in [-0.4, -0.2) is 18.6 Å². The molecule has 0 aliphatic heterocycles. The predicted octanol–water partition coefficient (Wildman–Crippen LogP) is 3.10. The second-order valence-corrected chi connectivity index (χ2v) is 5.32. The van der Waals surface area contributed by atoms with Crippen LogP contribution in [0.4, 0.5) is 5.69 Å². The average Bonchev–Trinajstić information content (AvgIpc) is 2.41. The smallest absolute Gasteiger partial charge is 0.228 e. The molecule has 0 heterocycles. The highest BCUT2D eigenvalue weighted by molar-refractivity contribution is 5.93. The summed E-state index contributed by atoms with van der Waals surface area (Å²) in [5.41, 5.74) is 7.54. The Morgan fingerprint density at radius 3 is 2.65 bits per heavy atom. The molecular weight excluding hydrogens is 252 g/mol. The van der Waals surface area contributed by atoms with Crippen molar-refractivity contribution in [1.29, 1.82) is 0 Å². The van der Waals surface area contributed by atoms with E-state index in [9.17, 15) is 4.79 Å². The van der Waals surface area contributed by atoms with Gasteiger partial charge in [-0.1, -0.05) is 20.3 Å². The first-order chi connectivity index (χ1) is 9.45. The number of amides is 1. The number of carbonyl (C=O) groups excluding carboxylic acids is 1. The molecule has 0 aliphatic carbocycles. The predicted molar refractivity (Wildman–Crippen MR) is 83.0 cm³/mol. The molecule has 0 spiro atoms. The highest BCUT2D eigenvalue weighted by atomic mass is 16.5. The summed E-state index contributed by atoms with van der Waals surface area (Å²) >= 11 is 0. The summed E-state index contributed by atoms with van der Waals surface area (Å²) in [5.74, 6) is 0.576. The fourth-order valence-electron chi connectivity index (χ4n) is 1.69. The van der Waals surface area contributed by atoms with Gasteiger partial charge in [0.25, 0.3) is 0 Å². The van der Waals surface area contributed by atoms with Crippen molar-refractivity contribution in [3.8, 4) is 5.75 Å². The molecule has 112 valence electrons. The number of rotatable bonds is 7. The van der Waals surface area contributed by atoms with Crippen molar-refractivity contribution in [3.63, 3.8) is 0 Å². The molecule has 0 saturated heterocycles. The quantitative estimate of drug-likeness (QED) is 0.753. The minimum Gasteiger partial charge on any atom is -0.494 e. The third kappa shape index (κ3) is 4.85. The zero-order chi connectivity index (χ0) is 15.1. The number of unbranched alkanes of at least 4 members (excludes halogenated alkanes) is 1. The summed E-state index contributed by atoms with van der Waals surface area (Å²) in [4.78, 5) is 12.0. The minimum atomic E-state index is -0.213. The summed E-state index contributed by atoms with van der Waals surface area (Å²) in [5, 5.41) is 2.91. The molecule has 0 saturated carbocycles. The first-order valence-electron chi connectivity index (χ1n) is 7.25. The van der Waals surface area contributed by atoms with Gasteiger partial charge in [0.2, 0.25) is 5.91 Å². The van der Waals surface area contributed by atoms with Crippen molar-refractivity contribution < 1.29 is 9.53 Å². The Morgan fingerprint density at radius 2 is 2.10 bits per heavy atom. The second-order valence-electron chi connectivity index (χ2n) is 5.32. The largest absolute Gasteiger partial charge is 0.494 e. The molecule has 1 rings (SSSR count). The molecule has 1 aromatic carbocycles. The Kier molecular flexibility index (Phi) is 6.52. The van der Waals surface area contributed by atoms with Crippen LogP contribution in [0.2, 0.25) is 0 Å². The molecule has 4 nitrogen and oxygen atoms in total. The van der Waals surface area contributed by atoms with E-state index >= 15 is 0 Å². The molecule has 1 aromatic rings. The fraction of sp³-hybridized carbons (Fsp3) is 0.562. The summed E-state index contributed by atoms with van der Waals surface area (Å²) in [6, 6.07) is 5.55. The Labute approximate surface area is 121 Å². The number of nitrogens with two attached hydrogens (primary N) is 1. The lowest BCUT2D eigenvalue weighted by atomic mass is 10.0. The van der Waals surface area contributed by atoms with E-state index in [1.165, 1.54) is 0 Å². The second kappa shape index (κ2) is 7.90. The van der Waals surface area contributed by atoms with Crippen LogP contribution in [0.1, 0.15) is 39.2 Å². The van der Waals surface area contributed by atoms with Gasteiger partial charge in [0.05, 0.1) is 12.5 Å². The van der Waals surface area contributed by atoms with Gasteiger partial charge in [-0.15, -0.1) is 0 Å². The van der Waals surface area contributed by atoms with Crippen LogP contribution >= 0.6 is 0 Å². The number of hydrogen-bond acceptors (Lipinski definition) is 3. The highest BCUT2D eigenvalue weighted by Crippen LogP contribution is 2.22. The van der Waals surface area contributed by atoms with Crippen molar-refractivity contribution in [2.45, 2.75) is 46.6 Å². The Bertz CT molecular complexity index is 444. The van der Waals surface area contributed by atoms with Crippen LogP contribution in [0.3, 0.4) is 0 Å². The number of anilines is 1. The van der Waals surface area contributed by atoms with E-state index in [1.54, 1.807) is 0 Å². The summed E-state index contributed by atoms with van der Waals surface area (Å²) in [6.07, 6.45) is 2.16. The molecule has 0 aromatic heterocycles. The Balaban J connectivity index is 2.66. The maximum atomic E-state index is 12.0. The van der Waals surface area contributed by atoms with Gasteiger partial charge in [0.1, 0.15) is 5.75 Å². The summed E-state index contributed by atoms with van der Waals surface area (Å²) < 4.78 is 5.64. The lowest BCUT2D eigenvalue weighted by molar-refractivity contribution is -0.119.